The van der Waals surface area contributed by atoms with Crippen LogP contribution in [0.15, 0.2) is 59.8 Å². The molecule has 8 nitrogen and oxygen atoms in total. The molecule has 2 aromatic heterocycles. The fourth-order valence-corrected chi connectivity index (χ4v) is 2.88. The quantitative estimate of drug-likeness (QED) is 0.682. The average Bonchev–Trinajstić information content (AvgIpc) is 3.06. The summed E-state index contributed by atoms with van der Waals surface area (Å²) < 4.78 is 63.0. The lowest BCUT2D eigenvalue weighted by atomic mass is 10.3. The Balaban J connectivity index is 1.98. The maximum Gasteiger partial charge on any atom is 0.433 e. The van der Waals surface area contributed by atoms with E-state index in [1.165, 1.54) is 6.20 Å². The van der Waals surface area contributed by atoms with Gasteiger partial charge in [0.05, 0.1) is 11.9 Å². The largest absolute Gasteiger partial charge is 0.433 e. The Kier molecular flexibility index (Phi) is 4.91. The summed E-state index contributed by atoms with van der Waals surface area (Å²) in [5, 5.41) is 10.5. The van der Waals surface area contributed by atoms with Crippen molar-refractivity contribution in [2.75, 3.05) is 5.32 Å². The Morgan fingerprint density at radius 3 is 2.36 bits per heavy atom. The van der Waals surface area contributed by atoms with E-state index in [9.17, 15) is 26.4 Å². The molecule has 0 aliphatic carbocycles. The fraction of sp³-hybridized carbons (Fsp3) is 0.0625. The predicted molar refractivity (Wildman–Crippen MR) is 92.1 cm³/mol. The van der Waals surface area contributed by atoms with Crippen molar-refractivity contribution in [3.63, 3.8) is 0 Å². The molecule has 0 saturated carbocycles. The molecule has 2 heterocycles. The van der Waals surface area contributed by atoms with Gasteiger partial charge in [-0.15, -0.1) is 0 Å². The second-order valence-electron chi connectivity index (χ2n) is 5.53. The van der Waals surface area contributed by atoms with Gasteiger partial charge < -0.3 is 5.32 Å². The van der Waals surface area contributed by atoms with Gasteiger partial charge in [-0.2, -0.15) is 18.3 Å². The highest BCUT2D eigenvalue weighted by atomic mass is 32.2. The van der Waals surface area contributed by atoms with Gasteiger partial charge in [-0.3, -0.25) is 4.79 Å². The Bertz CT molecular complexity index is 1130. The van der Waals surface area contributed by atoms with Crippen LogP contribution in [-0.2, 0) is 16.2 Å². The van der Waals surface area contributed by atoms with E-state index in [0.717, 1.165) is 16.8 Å². The van der Waals surface area contributed by atoms with Crippen molar-refractivity contribution in [1.29, 1.82) is 0 Å². The zero-order valence-electron chi connectivity index (χ0n) is 13.9. The number of primary sulfonamides is 1. The first-order valence-corrected chi connectivity index (χ1v) is 9.14. The predicted octanol–water partition coefficient (Wildman–Crippen LogP) is 2.19. The van der Waals surface area contributed by atoms with Gasteiger partial charge >= 0.3 is 6.18 Å². The minimum absolute atomic E-state index is 0.296. The zero-order chi connectivity index (χ0) is 20.5. The highest BCUT2D eigenvalue weighted by Crippen LogP contribution is 2.28. The van der Waals surface area contributed by atoms with Gasteiger partial charge in [0.1, 0.15) is 17.1 Å². The van der Waals surface area contributed by atoms with Crippen molar-refractivity contribution in [3.8, 4) is 5.69 Å². The number of para-hydroxylation sites is 1. The molecule has 3 aromatic rings. The first-order chi connectivity index (χ1) is 13.1. The normalized spacial score (nSPS) is 12.0. The summed E-state index contributed by atoms with van der Waals surface area (Å²) in [5.41, 5.74) is -1.63. The van der Waals surface area contributed by atoms with Crippen LogP contribution in [0.25, 0.3) is 5.69 Å². The molecular weight excluding hydrogens is 399 g/mol. The number of benzene rings is 1. The highest BCUT2D eigenvalue weighted by Gasteiger charge is 2.33. The second-order valence-corrected chi connectivity index (χ2v) is 7.01. The Labute approximate surface area is 156 Å². The van der Waals surface area contributed by atoms with E-state index in [-0.39, 0.29) is 5.69 Å². The SMILES string of the molecule is NS(=O)(=O)c1nn(-c2ccccc2)cc1NC(=O)c1cccc(C(F)(F)F)n1. The molecule has 0 aliphatic rings. The Morgan fingerprint density at radius 1 is 1.07 bits per heavy atom. The van der Waals surface area contributed by atoms with Gasteiger partial charge in [0.15, 0.2) is 0 Å². The first kappa shape index (κ1) is 19.5. The number of anilines is 1. The maximum atomic E-state index is 12.8. The Hall–Kier alpha value is -3.25. The van der Waals surface area contributed by atoms with Crippen LogP contribution in [0.1, 0.15) is 16.2 Å². The van der Waals surface area contributed by atoms with Crippen molar-refractivity contribution < 1.29 is 26.4 Å². The van der Waals surface area contributed by atoms with E-state index in [2.05, 4.69) is 15.4 Å². The number of sulfonamides is 1. The number of nitrogens with two attached hydrogens (primary N) is 1. The van der Waals surface area contributed by atoms with E-state index >= 15 is 0 Å². The molecule has 0 spiro atoms. The summed E-state index contributed by atoms with van der Waals surface area (Å²) >= 11 is 0. The van der Waals surface area contributed by atoms with Crippen LogP contribution >= 0.6 is 0 Å². The standard InChI is InChI=1S/C16H12F3N5O3S/c17-16(18,19)13-8-4-7-11(21-13)14(25)22-12-9-24(10-5-2-1-3-6-10)23-15(12)28(20,26)27/h1-9H,(H,22,25)(H2,20,26,27). The van der Waals surface area contributed by atoms with Crippen LogP contribution in [0.2, 0.25) is 0 Å². The number of alkyl halides is 3. The van der Waals surface area contributed by atoms with Crippen LogP contribution < -0.4 is 10.5 Å². The lowest BCUT2D eigenvalue weighted by Gasteiger charge is -2.08. The van der Waals surface area contributed by atoms with Crippen molar-refractivity contribution in [1.82, 2.24) is 14.8 Å². The number of carbonyl (C=O) groups excluding carboxylic acids is 1. The molecule has 146 valence electrons. The number of aromatic nitrogens is 3. The van der Waals surface area contributed by atoms with Crippen molar-refractivity contribution in [3.05, 3.63) is 66.1 Å². The van der Waals surface area contributed by atoms with E-state index in [0.29, 0.717) is 11.8 Å². The monoisotopic (exact) mass is 411 g/mol. The number of pyridine rings is 1. The molecule has 1 amide bonds. The summed E-state index contributed by atoms with van der Waals surface area (Å²) in [6, 6.07) is 11.1. The van der Waals surface area contributed by atoms with Gasteiger partial charge in [-0.25, -0.2) is 23.2 Å². The zero-order valence-corrected chi connectivity index (χ0v) is 14.7. The van der Waals surface area contributed by atoms with Crippen molar-refractivity contribution in [2.45, 2.75) is 11.2 Å². The summed E-state index contributed by atoms with van der Waals surface area (Å²) in [7, 11) is -4.33. The van der Waals surface area contributed by atoms with Crippen LogP contribution in [0.4, 0.5) is 18.9 Å². The van der Waals surface area contributed by atoms with E-state index < -0.39 is 38.5 Å². The lowest BCUT2D eigenvalue weighted by Crippen LogP contribution is -2.20. The number of hydrogen-bond acceptors (Lipinski definition) is 5. The number of rotatable bonds is 4. The van der Waals surface area contributed by atoms with Crippen molar-refractivity contribution >= 4 is 21.6 Å². The summed E-state index contributed by atoms with van der Waals surface area (Å²) in [6.45, 7) is 0. The number of halogens is 3. The molecule has 0 radical (unpaired) electrons. The third-order valence-corrected chi connectivity index (χ3v) is 4.33. The highest BCUT2D eigenvalue weighted by molar-refractivity contribution is 7.89. The van der Waals surface area contributed by atoms with Gasteiger partial charge in [0, 0.05) is 0 Å². The fourth-order valence-electron chi connectivity index (χ4n) is 2.27. The average molecular weight is 411 g/mol. The smallest absolute Gasteiger partial charge is 0.317 e. The minimum Gasteiger partial charge on any atom is -0.317 e. The second kappa shape index (κ2) is 7.05. The minimum atomic E-state index is -4.74. The number of nitrogens with one attached hydrogen (secondary N) is 1. The van der Waals surface area contributed by atoms with E-state index in [1.807, 2.05) is 0 Å². The van der Waals surface area contributed by atoms with E-state index in [1.54, 1.807) is 30.3 Å². The molecule has 28 heavy (non-hydrogen) atoms. The molecular formula is C16H12F3N5O3S. The van der Waals surface area contributed by atoms with Gasteiger partial charge in [-0.1, -0.05) is 24.3 Å². The van der Waals surface area contributed by atoms with Crippen molar-refractivity contribution in [2.24, 2.45) is 5.14 Å². The lowest BCUT2D eigenvalue weighted by molar-refractivity contribution is -0.141. The number of amides is 1. The maximum absolute atomic E-state index is 12.8. The van der Waals surface area contributed by atoms with E-state index in [4.69, 9.17) is 5.14 Å². The van der Waals surface area contributed by atoms with Gasteiger partial charge in [0.2, 0.25) is 5.03 Å². The summed E-state index contributed by atoms with van der Waals surface area (Å²) in [4.78, 5) is 15.6. The van der Waals surface area contributed by atoms with Crippen LogP contribution in [0.5, 0.6) is 0 Å². The molecule has 0 saturated heterocycles. The first-order valence-electron chi connectivity index (χ1n) is 7.59. The third kappa shape index (κ3) is 4.18. The van der Waals surface area contributed by atoms with Crippen LogP contribution in [-0.4, -0.2) is 29.1 Å². The number of carbonyl (C=O) groups is 1. The molecule has 0 bridgehead atoms. The number of nitrogens with zero attached hydrogens (tertiary/aromatic N) is 3. The summed E-state index contributed by atoms with van der Waals surface area (Å²) in [5.74, 6) is -1.05. The molecule has 0 atom stereocenters. The molecule has 3 rings (SSSR count). The molecule has 0 aliphatic heterocycles. The van der Waals surface area contributed by atoms with Gasteiger partial charge in [0.25, 0.3) is 15.9 Å². The van der Waals surface area contributed by atoms with Crippen LogP contribution in [0, 0.1) is 0 Å². The topological polar surface area (TPSA) is 120 Å². The van der Waals surface area contributed by atoms with Crippen LogP contribution in [0.3, 0.4) is 0 Å². The Morgan fingerprint density at radius 2 is 1.75 bits per heavy atom. The summed E-state index contributed by atoms with van der Waals surface area (Å²) in [6.07, 6.45) is -3.55. The molecule has 1 aromatic carbocycles. The molecule has 0 fully saturated rings. The third-order valence-electron chi connectivity index (χ3n) is 3.49. The molecule has 0 unspecified atom stereocenters. The molecule has 3 N–H and O–H groups in total. The van der Waals surface area contributed by atoms with Gasteiger partial charge in [-0.05, 0) is 24.3 Å². The molecule has 12 heteroatoms. The number of hydrogen-bond donors (Lipinski definition) is 2.